The van der Waals surface area contributed by atoms with E-state index in [1.807, 2.05) is 49.1 Å². The molecular formula is C29H37Cl2N3O4. The molecule has 2 aromatic rings. The summed E-state index contributed by atoms with van der Waals surface area (Å²) in [6.07, 6.45) is 1.72. The molecule has 2 aliphatic heterocycles. The Labute approximate surface area is 235 Å². The molecule has 2 aromatic carbocycles. The van der Waals surface area contributed by atoms with Crippen LogP contribution in [0.4, 0.5) is 0 Å². The van der Waals surface area contributed by atoms with E-state index in [0.717, 1.165) is 41.1 Å². The molecule has 2 amide bonds. The predicted molar refractivity (Wildman–Crippen MR) is 150 cm³/mol. The number of amides is 2. The summed E-state index contributed by atoms with van der Waals surface area (Å²) in [4.78, 5) is 29.1. The van der Waals surface area contributed by atoms with Gasteiger partial charge in [-0.05, 0) is 67.6 Å². The Morgan fingerprint density at radius 2 is 1.82 bits per heavy atom. The van der Waals surface area contributed by atoms with Gasteiger partial charge < -0.3 is 19.7 Å². The standard InChI is InChI=1S/C29H37Cl2N3O4/c1-20-13-26(14-21(2)28(20)31)37-19-29(16-27(36)34-9-7-25(8-10-34)32-22(3)35)18-33(11-12-38-29)17-23-5-4-6-24(30)15-23/h4-6,13-15,25H,7-12,16-19H2,1-3H3,(H,32,35). The van der Waals surface area contributed by atoms with Crippen molar-refractivity contribution in [2.45, 2.75) is 58.2 Å². The molecule has 0 aromatic heterocycles. The van der Waals surface area contributed by atoms with Crippen molar-refractivity contribution in [2.24, 2.45) is 0 Å². The van der Waals surface area contributed by atoms with Gasteiger partial charge >= 0.3 is 0 Å². The third-order valence-corrected chi connectivity index (χ3v) is 8.09. The number of benzene rings is 2. The molecule has 0 bridgehead atoms. The number of piperidine rings is 1. The third-order valence-electron chi connectivity index (χ3n) is 7.26. The van der Waals surface area contributed by atoms with E-state index >= 15 is 0 Å². The van der Waals surface area contributed by atoms with Gasteiger partial charge in [0.25, 0.3) is 0 Å². The molecule has 206 valence electrons. The van der Waals surface area contributed by atoms with Crippen LogP contribution >= 0.6 is 23.2 Å². The van der Waals surface area contributed by atoms with Crippen LogP contribution in [0.1, 0.15) is 42.9 Å². The first-order valence-corrected chi connectivity index (χ1v) is 13.9. The van der Waals surface area contributed by atoms with Gasteiger partial charge in [-0.2, -0.15) is 0 Å². The summed E-state index contributed by atoms with van der Waals surface area (Å²) in [5.74, 6) is 0.722. The Bertz CT molecular complexity index is 1130. The molecule has 2 heterocycles. The van der Waals surface area contributed by atoms with Crippen LogP contribution in [0.15, 0.2) is 36.4 Å². The minimum absolute atomic E-state index is 0.0334. The number of hydrogen-bond donors (Lipinski definition) is 1. The Balaban J connectivity index is 1.48. The maximum absolute atomic E-state index is 13.5. The monoisotopic (exact) mass is 561 g/mol. The van der Waals surface area contributed by atoms with E-state index in [2.05, 4.69) is 16.3 Å². The van der Waals surface area contributed by atoms with Crippen molar-refractivity contribution in [3.63, 3.8) is 0 Å². The number of nitrogens with zero attached hydrogens (tertiary/aromatic N) is 2. The molecule has 0 radical (unpaired) electrons. The van der Waals surface area contributed by atoms with Crippen molar-refractivity contribution < 1.29 is 19.1 Å². The number of morpholine rings is 1. The van der Waals surface area contributed by atoms with Crippen molar-refractivity contribution in [1.29, 1.82) is 0 Å². The lowest BCUT2D eigenvalue weighted by Gasteiger charge is -2.43. The number of aryl methyl sites for hydroxylation is 2. The zero-order valence-corrected chi connectivity index (χ0v) is 23.9. The van der Waals surface area contributed by atoms with E-state index in [0.29, 0.717) is 43.6 Å². The summed E-state index contributed by atoms with van der Waals surface area (Å²) < 4.78 is 12.7. The lowest BCUT2D eigenvalue weighted by atomic mass is 9.95. The summed E-state index contributed by atoms with van der Waals surface area (Å²) in [6.45, 7) is 9.43. The van der Waals surface area contributed by atoms with Crippen molar-refractivity contribution in [3.05, 3.63) is 63.1 Å². The van der Waals surface area contributed by atoms with Crippen LogP contribution in [0.25, 0.3) is 0 Å². The minimum Gasteiger partial charge on any atom is -0.490 e. The molecule has 1 atom stereocenters. The first-order chi connectivity index (χ1) is 18.1. The van der Waals surface area contributed by atoms with Crippen LogP contribution in [0.2, 0.25) is 10.0 Å². The largest absolute Gasteiger partial charge is 0.490 e. The number of carbonyl (C=O) groups excluding carboxylic acids is 2. The highest BCUT2D eigenvalue weighted by molar-refractivity contribution is 6.32. The van der Waals surface area contributed by atoms with Crippen LogP contribution in [-0.2, 0) is 20.9 Å². The van der Waals surface area contributed by atoms with Crippen molar-refractivity contribution in [1.82, 2.24) is 15.1 Å². The van der Waals surface area contributed by atoms with Crippen LogP contribution < -0.4 is 10.1 Å². The second-order valence-corrected chi connectivity index (χ2v) is 11.4. The Hall–Kier alpha value is -2.32. The fourth-order valence-electron chi connectivity index (χ4n) is 5.35. The zero-order valence-electron chi connectivity index (χ0n) is 22.4. The third kappa shape index (κ3) is 7.63. The maximum Gasteiger partial charge on any atom is 0.225 e. The van der Waals surface area contributed by atoms with E-state index in [1.165, 1.54) is 6.92 Å². The normalized spacial score (nSPS) is 20.8. The number of ether oxygens (including phenoxy) is 2. The first kappa shape index (κ1) is 28.7. The lowest BCUT2D eigenvalue weighted by molar-refractivity contribution is -0.157. The smallest absolute Gasteiger partial charge is 0.225 e. The molecule has 0 spiro atoms. The van der Waals surface area contributed by atoms with Crippen LogP contribution in [0.3, 0.4) is 0 Å². The molecule has 7 nitrogen and oxygen atoms in total. The number of nitrogens with one attached hydrogen (secondary N) is 1. The Morgan fingerprint density at radius 3 is 2.47 bits per heavy atom. The highest BCUT2D eigenvalue weighted by Crippen LogP contribution is 2.30. The van der Waals surface area contributed by atoms with Crippen LogP contribution in [0.5, 0.6) is 5.75 Å². The molecule has 1 unspecified atom stereocenters. The highest BCUT2D eigenvalue weighted by Gasteiger charge is 2.41. The Kier molecular flexibility index (Phi) is 9.58. The summed E-state index contributed by atoms with van der Waals surface area (Å²) in [5.41, 5.74) is 2.20. The molecule has 4 rings (SSSR count). The maximum atomic E-state index is 13.5. The van der Waals surface area contributed by atoms with E-state index in [4.69, 9.17) is 32.7 Å². The first-order valence-electron chi connectivity index (χ1n) is 13.2. The summed E-state index contributed by atoms with van der Waals surface area (Å²) >= 11 is 12.6. The van der Waals surface area contributed by atoms with Gasteiger partial charge in [0.15, 0.2) is 0 Å². The quantitative estimate of drug-likeness (QED) is 0.502. The average Bonchev–Trinajstić information content (AvgIpc) is 2.86. The van der Waals surface area contributed by atoms with Crippen LogP contribution in [-0.4, -0.2) is 72.6 Å². The molecule has 38 heavy (non-hydrogen) atoms. The average molecular weight is 563 g/mol. The Morgan fingerprint density at radius 1 is 1.11 bits per heavy atom. The molecule has 1 N–H and O–H groups in total. The van der Waals surface area contributed by atoms with E-state index in [-0.39, 0.29) is 30.9 Å². The number of likely N-dealkylation sites (tertiary alicyclic amines) is 1. The SMILES string of the molecule is CC(=O)NC1CCN(C(=O)CC2(COc3cc(C)c(Cl)c(C)c3)CN(Cc3cccc(Cl)c3)CCO2)CC1. The fraction of sp³-hybridized carbons (Fsp3) is 0.517. The van der Waals surface area contributed by atoms with Gasteiger partial charge in [-0.3, -0.25) is 14.5 Å². The van der Waals surface area contributed by atoms with Gasteiger partial charge in [-0.1, -0.05) is 35.3 Å². The predicted octanol–water partition coefficient (Wildman–Crippen LogP) is 4.78. The van der Waals surface area contributed by atoms with E-state index < -0.39 is 5.60 Å². The molecule has 0 saturated carbocycles. The van der Waals surface area contributed by atoms with Gasteiger partial charge in [0.1, 0.15) is 18.0 Å². The molecule has 2 saturated heterocycles. The fourth-order valence-corrected chi connectivity index (χ4v) is 5.67. The molecule has 9 heteroatoms. The number of rotatable bonds is 8. The van der Waals surface area contributed by atoms with Gasteiger partial charge in [0.2, 0.25) is 11.8 Å². The lowest BCUT2D eigenvalue weighted by Crippen LogP contribution is -2.57. The number of carbonyl (C=O) groups is 2. The van der Waals surface area contributed by atoms with Crippen molar-refractivity contribution in [3.8, 4) is 5.75 Å². The van der Waals surface area contributed by atoms with Gasteiger partial charge in [0.05, 0.1) is 13.0 Å². The van der Waals surface area contributed by atoms with E-state index in [1.54, 1.807) is 0 Å². The second kappa shape index (κ2) is 12.7. The second-order valence-electron chi connectivity index (χ2n) is 10.6. The molecule has 0 aliphatic carbocycles. The molecule has 2 aliphatic rings. The van der Waals surface area contributed by atoms with Gasteiger partial charge in [-0.15, -0.1) is 0 Å². The highest BCUT2D eigenvalue weighted by atomic mass is 35.5. The van der Waals surface area contributed by atoms with Gasteiger partial charge in [0, 0.05) is 55.7 Å². The topological polar surface area (TPSA) is 71.1 Å². The minimum atomic E-state index is -0.802. The molecule has 2 fully saturated rings. The van der Waals surface area contributed by atoms with Crippen molar-refractivity contribution >= 4 is 35.0 Å². The number of halogens is 2. The number of hydrogen-bond acceptors (Lipinski definition) is 5. The zero-order chi connectivity index (χ0) is 27.3. The summed E-state index contributed by atoms with van der Waals surface area (Å²) in [6, 6.07) is 11.8. The van der Waals surface area contributed by atoms with Crippen LogP contribution in [0, 0.1) is 13.8 Å². The van der Waals surface area contributed by atoms with Crippen molar-refractivity contribution in [2.75, 3.05) is 39.4 Å². The summed E-state index contributed by atoms with van der Waals surface area (Å²) in [5, 5.41) is 4.40. The van der Waals surface area contributed by atoms with E-state index in [9.17, 15) is 9.59 Å². The summed E-state index contributed by atoms with van der Waals surface area (Å²) in [7, 11) is 0. The molecular weight excluding hydrogens is 525 g/mol. The van der Waals surface area contributed by atoms with Gasteiger partial charge in [-0.25, -0.2) is 0 Å².